The van der Waals surface area contributed by atoms with Crippen LogP contribution in [0.25, 0.3) is 0 Å². The number of alkyl halides is 3. The Labute approximate surface area is 150 Å². The van der Waals surface area contributed by atoms with Crippen molar-refractivity contribution in [2.24, 2.45) is 0 Å². The second-order valence-electron chi connectivity index (χ2n) is 5.94. The first-order chi connectivity index (χ1) is 11.6. The summed E-state index contributed by atoms with van der Waals surface area (Å²) in [6.07, 6.45) is -3.57. The van der Waals surface area contributed by atoms with Gasteiger partial charge in [0.15, 0.2) is 0 Å². The van der Waals surface area contributed by atoms with Gasteiger partial charge in [0, 0.05) is 35.7 Å². The molecule has 0 saturated carbocycles. The van der Waals surface area contributed by atoms with Crippen molar-refractivity contribution in [1.29, 1.82) is 0 Å². The third kappa shape index (κ3) is 3.76. The third-order valence-electron chi connectivity index (χ3n) is 4.70. The van der Waals surface area contributed by atoms with E-state index in [0.717, 1.165) is 6.07 Å². The van der Waals surface area contributed by atoms with Crippen LogP contribution >= 0.6 is 11.6 Å². The smallest absolute Gasteiger partial charge is 0.364 e. The molecular formula is C15H18ClF3N2O3S. The minimum absolute atomic E-state index is 0.0333. The minimum atomic E-state index is -4.78. The van der Waals surface area contributed by atoms with E-state index in [1.165, 1.54) is 0 Å². The van der Waals surface area contributed by atoms with E-state index in [1.54, 1.807) is 4.90 Å². The second-order valence-corrected chi connectivity index (χ2v) is 8.31. The Bertz CT molecular complexity index is 708. The highest BCUT2D eigenvalue weighted by molar-refractivity contribution is 7.86. The molecule has 2 rings (SSSR count). The fraction of sp³-hybridized carbons (Fsp3) is 0.600. The highest BCUT2D eigenvalue weighted by Gasteiger charge is 2.42. The second kappa shape index (κ2) is 7.11. The maximum absolute atomic E-state index is 13.0. The average Bonchev–Trinajstić information content (AvgIpc) is 2.54. The van der Waals surface area contributed by atoms with E-state index in [1.807, 2.05) is 13.8 Å². The van der Waals surface area contributed by atoms with Gasteiger partial charge in [-0.25, -0.2) is 0 Å². The van der Waals surface area contributed by atoms with Crippen molar-refractivity contribution in [3.8, 4) is 0 Å². The average molecular weight is 399 g/mol. The molecule has 0 amide bonds. The van der Waals surface area contributed by atoms with Gasteiger partial charge in [-0.05, 0) is 18.9 Å². The molecular weight excluding hydrogens is 381 g/mol. The van der Waals surface area contributed by atoms with Gasteiger partial charge in [-0.3, -0.25) is 14.3 Å². The molecule has 0 bridgehead atoms. The van der Waals surface area contributed by atoms with E-state index < -0.39 is 42.9 Å². The zero-order chi connectivity index (χ0) is 19.0. The summed E-state index contributed by atoms with van der Waals surface area (Å²) < 4.78 is 50.8. The van der Waals surface area contributed by atoms with Crippen LogP contribution in [0.2, 0.25) is 5.02 Å². The molecule has 25 heavy (non-hydrogen) atoms. The summed E-state index contributed by atoms with van der Waals surface area (Å²) >= 11 is 5.75. The summed E-state index contributed by atoms with van der Waals surface area (Å²) in [6.45, 7) is 4.31. The standard InChI is InChI=1S/C15H18ClF3N2O3S/c1-3-14(4-2)9-20(5-6-25(14)24)12-8-11(16)10(15(17,18)19)7-13(12)21(22)23/h7-8H,3-6,9H2,1-2H3. The quantitative estimate of drug-likeness (QED) is 0.557. The number of benzene rings is 1. The molecule has 10 heteroatoms. The first kappa shape index (κ1) is 20.0. The van der Waals surface area contributed by atoms with Gasteiger partial charge in [-0.15, -0.1) is 0 Å². The largest absolute Gasteiger partial charge is 0.418 e. The molecule has 0 radical (unpaired) electrons. The van der Waals surface area contributed by atoms with Gasteiger partial charge < -0.3 is 4.90 Å². The predicted molar refractivity (Wildman–Crippen MR) is 91.6 cm³/mol. The summed E-state index contributed by atoms with van der Waals surface area (Å²) in [6, 6.07) is 1.47. The van der Waals surface area contributed by atoms with Gasteiger partial charge in [0.25, 0.3) is 5.69 Å². The first-order valence-electron chi connectivity index (χ1n) is 7.74. The Morgan fingerprint density at radius 2 is 1.96 bits per heavy atom. The normalized spacial score (nSPS) is 20.6. The van der Waals surface area contributed by atoms with E-state index in [-0.39, 0.29) is 18.8 Å². The van der Waals surface area contributed by atoms with Gasteiger partial charge in [0.2, 0.25) is 0 Å². The van der Waals surface area contributed by atoms with Crippen LogP contribution in [0.3, 0.4) is 0 Å². The fourth-order valence-electron chi connectivity index (χ4n) is 3.08. The molecule has 1 aliphatic heterocycles. The van der Waals surface area contributed by atoms with Gasteiger partial charge >= 0.3 is 6.18 Å². The molecule has 1 saturated heterocycles. The van der Waals surface area contributed by atoms with E-state index in [4.69, 9.17) is 11.6 Å². The lowest BCUT2D eigenvalue weighted by molar-refractivity contribution is -0.384. The van der Waals surface area contributed by atoms with Crippen molar-refractivity contribution in [2.45, 2.75) is 37.6 Å². The summed E-state index contributed by atoms with van der Waals surface area (Å²) in [5, 5.41) is 10.7. The van der Waals surface area contributed by atoms with E-state index >= 15 is 0 Å². The molecule has 0 aliphatic carbocycles. The van der Waals surface area contributed by atoms with Gasteiger partial charge in [-0.2, -0.15) is 13.2 Å². The Hall–Kier alpha value is -1.35. The highest BCUT2D eigenvalue weighted by Crippen LogP contribution is 2.43. The number of nitrogens with zero attached hydrogens (tertiary/aromatic N) is 2. The lowest BCUT2D eigenvalue weighted by Crippen LogP contribution is -2.53. The summed E-state index contributed by atoms with van der Waals surface area (Å²) in [5.74, 6) is 0.303. The molecule has 1 heterocycles. The van der Waals surface area contributed by atoms with Crippen molar-refractivity contribution in [1.82, 2.24) is 0 Å². The van der Waals surface area contributed by atoms with Crippen LogP contribution in [0, 0.1) is 10.1 Å². The molecule has 1 atom stereocenters. The van der Waals surface area contributed by atoms with Crippen LogP contribution in [0.4, 0.5) is 24.5 Å². The summed E-state index contributed by atoms with van der Waals surface area (Å²) in [4.78, 5) is 12.1. The molecule has 0 N–H and O–H groups in total. The number of nitro groups is 1. The van der Waals surface area contributed by atoms with Gasteiger partial charge in [0.05, 0.1) is 20.3 Å². The Morgan fingerprint density at radius 3 is 2.44 bits per heavy atom. The van der Waals surface area contributed by atoms with Crippen LogP contribution in [0.15, 0.2) is 12.1 Å². The lowest BCUT2D eigenvalue weighted by atomic mass is 10.0. The lowest BCUT2D eigenvalue weighted by Gasteiger charge is -2.42. The summed E-state index contributed by atoms with van der Waals surface area (Å²) in [7, 11) is -1.10. The number of halogens is 4. The molecule has 0 aromatic heterocycles. The molecule has 1 fully saturated rings. The van der Waals surface area contributed by atoms with Crippen LogP contribution in [-0.2, 0) is 17.0 Å². The number of hydrogen-bond acceptors (Lipinski definition) is 4. The maximum Gasteiger partial charge on any atom is 0.418 e. The van der Waals surface area contributed by atoms with Crippen LogP contribution in [-0.4, -0.2) is 32.7 Å². The van der Waals surface area contributed by atoms with Crippen LogP contribution < -0.4 is 4.90 Å². The molecule has 1 aromatic rings. The first-order valence-corrected chi connectivity index (χ1v) is 9.44. The van der Waals surface area contributed by atoms with E-state index in [9.17, 15) is 27.5 Å². The summed E-state index contributed by atoms with van der Waals surface area (Å²) in [5.41, 5.74) is -1.85. The maximum atomic E-state index is 13.0. The molecule has 0 spiro atoms. The minimum Gasteiger partial charge on any atom is -0.364 e. The SMILES string of the molecule is CCC1(CC)CN(c2cc(Cl)c(C(F)(F)F)cc2[N+](=O)[O-])CCS1=O. The topological polar surface area (TPSA) is 63.4 Å². The zero-order valence-corrected chi connectivity index (χ0v) is 15.3. The molecule has 140 valence electrons. The van der Waals surface area contributed by atoms with Crippen molar-refractivity contribution < 1.29 is 22.3 Å². The number of nitro benzene ring substituents is 1. The van der Waals surface area contributed by atoms with Crippen LogP contribution in [0.5, 0.6) is 0 Å². The molecule has 1 aromatic carbocycles. The third-order valence-corrected chi connectivity index (χ3v) is 7.24. The number of anilines is 1. The van der Waals surface area contributed by atoms with E-state index in [2.05, 4.69) is 0 Å². The zero-order valence-electron chi connectivity index (χ0n) is 13.7. The Balaban J connectivity index is 2.53. The van der Waals surface area contributed by atoms with Gasteiger partial charge in [0.1, 0.15) is 5.69 Å². The number of rotatable bonds is 4. The van der Waals surface area contributed by atoms with Crippen molar-refractivity contribution >= 4 is 33.8 Å². The van der Waals surface area contributed by atoms with Crippen molar-refractivity contribution in [3.05, 3.63) is 32.8 Å². The molecule has 1 unspecified atom stereocenters. The highest BCUT2D eigenvalue weighted by atomic mass is 35.5. The van der Waals surface area contributed by atoms with E-state index in [0.29, 0.717) is 24.7 Å². The molecule has 5 nitrogen and oxygen atoms in total. The van der Waals surface area contributed by atoms with Crippen molar-refractivity contribution in [3.63, 3.8) is 0 Å². The molecule has 1 aliphatic rings. The van der Waals surface area contributed by atoms with Crippen LogP contribution in [0.1, 0.15) is 32.3 Å². The van der Waals surface area contributed by atoms with Gasteiger partial charge in [-0.1, -0.05) is 25.4 Å². The number of hydrogen-bond donors (Lipinski definition) is 0. The Morgan fingerprint density at radius 1 is 1.36 bits per heavy atom. The Kier molecular flexibility index (Phi) is 5.68. The monoisotopic (exact) mass is 398 g/mol. The fourth-order valence-corrected chi connectivity index (χ4v) is 5.11. The van der Waals surface area contributed by atoms with Crippen molar-refractivity contribution in [2.75, 3.05) is 23.7 Å². The predicted octanol–water partition coefficient (Wildman–Crippen LogP) is 4.39.